The largest absolute Gasteiger partial charge is 0.481 e. The molecular weight excluding hydrogens is 1500 g/mol. The van der Waals surface area contributed by atoms with Gasteiger partial charge >= 0.3 is 11.9 Å². The molecule has 3 aromatic rings. The lowest BCUT2D eigenvalue weighted by molar-refractivity contribution is -0.145. The summed E-state index contributed by atoms with van der Waals surface area (Å²) in [4.78, 5) is 244. The molecule has 0 saturated carbocycles. The number of hydrogen-bond donors (Lipinski definition) is 25. The second-order valence-electron chi connectivity index (χ2n) is 28.0. The Kier molecular flexibility index (Phi) is 38.3. The van der Waals surface area contributed by atoms with Gasteiger partial charge in [-0.25, -0.2) is 4.79 Å². The monoisotopic (exact) mass is 1600 g/mol. The number of para-hydroxylation sites is 1. The molecule has 626 valence electrons. The molecule has 1 fully saturated rings. The minimum absolute atomic E-state index is 0.0390. The maximum atomic E-state index is 14.9. The first kappa shape index (κ1) is 94.0. The van der Waals surface area contributed by atoms with Gasteiger partial charge in [-0.1, -0.05) is 76.2 Å². The fourth-order valence-electron chi connectivity index (χ4n) is 11.7. The maximum Gasteiger partial charge on any atom is 0.328 e. The predicted molar refractivity (Wildman–Crippen MR) is 403 cm³/mol. The van der Waals surface area contributed by atoms with Crippen LogP contribution in [0.4, 0.5) is 0 Å². The van der Waals surface area contributed by atoms with Gasteiger partial charge in [-0.2, -0.15) is 0 Å². The second-order valence-corrected chi connectivity index (χ2v) is 28.0. The van der Waals surface area contributed by atoms with E-state index in [1.165, 1.54) is 20.0 Å². The maximum absolute atomic E-state index is 14.9. The number of aromatic amines is 1. The van der Waals surface area contributed by atoms with Crippen LogP contribution in [0, 0.1) is 17.2 Å². The quantitative estimate of drug-likeness (QED) is 0.0142. The van der Waals surface area contributed by atoms with E-state index in [1.54, 1.807) is 54.6 Å². The van der Waals surface area contributed by atoms with Gasteiger partial charge in [0.1, 0.15) is 60.4 Å². The third kappa shape index (κ3) is 32.5. The van der Waals surface area contributed by atoms with Gasteiger partial charge in [-0.05, 0) is 87.9 Å². The van der Waals surface area contributed by atoms with E-state index in [0.717, 1.165) is 20.3 Å². The standard InChI is InChI=1S/C71H105N21O22/c1-33(2)24-44(86-60(103)41-18-12-22-77-41)62(105)84-42(19-13-23-78-71(75)76)59(102)80-31-53(98)82-45(25-37-14-8-7-9-15-37)63(106)85-43(20-21-50(72)95)61(104)87-46(26-38-30-79-40-17-11-10-16-39(38)40)66(109)90-56(34(3)4)69(112)91-57(35(5)93)68(111)81-32-54(99)83-49(29-55(100)101)65(108)88-47(27-51(73)96)64(107)89-48(28-52(74)97)67(110)92-58(36(6)94)70(113)114/h7-11,14-17,30,33-36,41-49,56-58,77,79,93-94H,12-13,18-29,31-32H2,1-6H3,(H2,72,95)(H2,73,96)(H2,74,97)(H,80,102)(H,81,111)(H,82,98)(H,83,99)(H,84,105)(H,85,106)(H,86,103)(H,87,104)(H,88,108)(H,89,107)(H,90,109)(H,91,112)(H,92,110)(H,100,101)(H,113,114)(H4,75,76,78)/t35-,36-,41+,42+,43+,44+,45+,46+,47+,48+,49+,56+,57+,58+/m1/s1. The molecule has 43 heteroatoms. The fraction of sp³-hybridized carbons (Fsp3) is 0.535. The Labute approximate surface area is 654 Å². The van der Waals surface area contributed by atoms with Crippen molar-refractivity contribution in [2.24, 2.45) is 34.8 Å². The summed E-state index contributed by atoms with van der Waals surface area (Å²) in [6.07, 6.45) is -5.22. The third-order valence-electron chi connectivity index (χ3n) is 17.6. The number of benzene rings is 2. The molecule has 0 radical (unpaired) electrons. The Morgan fingerprint density at radius 1 is 0.482 bits per heavy atom. The smallest absolute Gasteiger partial charge is 0.328 e. The number of nitrogens with one attached hydrogen (secondary N) is 17. The Morgan fingerprint density at radius 2 is 0.956 bits per heavy atom. The lowest BCUT2D eigenvalue weighted by Gasteiger charge is -2.29. The number of H-pyrrole nitrogens is 1. The van der Waals surface area contributed by atoms with Gasteiger partial charge in [0.25, 0.3) is 0 Å². The van der Waals surface area contributed by atoms with Gasteiger partial charge in [0.2, 0.25) is 94.5 Å². The highest BCUT2D eigenvalue weighted by Crippen LogP contribution is 2.21. The summed E-state index contributed by atoms with van der Waals surface area (Å²) >= 11 is 0. The second kappa shape index (κ2) is 46.4. The molecule has 0 spiro atoms. The van der Waals surface area contributed by atoms with Crippen molar-refractivity contribution in [3.05, 3.63) is 71.9 Å². The molecule has 0 aliphatic carbocycles. The van der Waals surface area contributed by atoms with Crippen molar-refractivity contribution in [3.63, 3.8) is 0 Å². The molecule has 2 aromatic carbocycles. The number of guanidine groups is 1. The van der Waals surface area contributed by atoms with Crippen molar-refractivity contribution in [2.75, 3.05) is 26.2 Å². The van der Waals surface area contributed by atoms with Gasteiger partial charge in [-0.3, -0.25) is 86.9 Å². The van der Waals surface area contributed by atoms with Crippen molar-refractivity contribution >= 4 is 123 Å². The lowest BCUT2D eigenvalue weighted by Crippen LogP contribution is -2.62. The first-order valence-electron chi connectivity index (χ1n) is 36.6. The third-order valence-corrected chi connectivity index (χ3v) is 17.6. The lowest BCUT2D eigenvalue weighted by atomic mass is 9.99. The molecule has 0 unspecified atom stereocenters. The molecule has 29 N–H and O–H groups in total. The number of aliphatic hydroxyl groups is 2. The van der Waals surface area contributed by atoms with Crippen molar-refractivity contribution in [2.45, 2.75) is 203 Å². The van der Waals surface area contributed by atoms with E-state index in [1.807, 2.05) is 35.1 Å². The minimum atomic E-state index is -2.14. The summed E-state index contributed by atoms with van der Waals surface area (Å²) in [7, 11) is 0. The highest BCUT2D eigenvalue weighted by atomic mass is 16.4. The van der Waals surface area contributed by atoms with E-state index >= 15 is 0 Å². The highest BCUT2D eigenvalue weighted by molar-refractivity contribution is 6.02. The zero-order chi connectivity index (χ0) is 85.2. The number of fused-ring (bicyclic) bond motifs is 1. The van der Waals surface area contributed by atoms with Crippen LogP contribution in [0.2, 0.25) is 0 Å². The van der Waals surface area contributed by atoms with E-state index < -0.39 is 242 Å². The fourth-order valence-corrected chi connectivity index (χ4v) is 11.7. The number of nitrogens with two attached hydrogens (primary N) is 4. The molecule has 0 bridgehead atoms. The first-order chi connectivity index (χ1) is 53.6. The number of carboxylic acid groups (broad SMARTS) is 2. The average molecular weight is 1600 g/mol. The highest BCUT2D eigenvalue weighted by Gasteiger charge is 2.39. The van der Waals surface area contributed by atoms with Crippen LogP contribution >= 0.6 is 0 Å². The van der Waals surface area contributed by atoms with E-state index in [2.05, 4.69) is 63.5 Å². The minimum Gasteiger partial charge on any atom is -0.481 e. The Bertz CT molecular complexity index is 3940. The molecule has 114 heavy (non-hydrogen) atoms. The van der Waals surface area contributed by atoms with Crippen LogP contribution in [-0.2, 0) is 99.1 Å². The number of aromatic nitrogens is 1. The van der Waals surface area contributed by atoms with Gasteiger partial charge in [0.15, 0.2) is 12.0 Å². The molecule has 14 atom stereocenters. The number of primary amides is 3. The Balaban J connectivity index is 1.56. The molecule has 1 aromatic heterocycles. The summed E-state index contributed by atoms with van der Waals surface area (Å²) in [5.74, 6) is -22.3. The average Bonchev–Trinajstić information content (AvgIpc) is 1.64. The van der Waals surface area contributed by atoms with E-state index in [4.69, 9.17) is 28.3 Å². The van der Waals surface area contributed by atoms with E-state index in [9.17, 15) is 107 Å². The van der Waals surface area contributed by atoms with Crippen LogP contribution in [0.25, 0.3) is 10.9 Å². The number of hydrogen-bond acceptors (Lipinski definition) is 22. The van der Waals surface area contributed by atoms with Gasteiger partial charge in [0, 0.05) is 42.9 Å². The number of carbonyl (C=O) groups is 18. The predicted octanol–water partition coefficient (Wildman–Crippen LogP) is -8.43. The molecular formula is C71H105N21O22. The Hall–Kier alpha value is -12.4. The molecule has 4 rings (SSSR count). The van der Waals surface area contributed by atoms with Crippen LogP contribution in [0.5, 0.6) is 0 Å². The number of carbonyl (C=O) groups excluding carboxylic acids is 16. The molecule has 16 amide bonds. The van der Waals surface area contributed by atoms with E-state index in [-0.39, 0.29) is 50.5 Å². The van der Waals surface area contributed by atoms with Crippen LogP contribution in [-0.4, -0.2) is 249 Å². The van der Waals surface area contributed by atoms with Gasteiger partial charge < -0.3 is 128 Å². The van der Waals surface area contributed by atoms with Gasteiger partial charge in [-0.15, -0.1) is 0 Å². The SMILES string of the molecule is CC(C)C[C@H](NC(=O)[C@@H]1CCCN1)C(=O)N[C@@H](CCCNC(=N)N)C(=O)NCC(=O)N[C@@H](Cc1ccccc1)C(=O)N[C@@H](CCC(N)=O)C(=O)N[C@@H](Cc1c[nH]c2ccccc12)C(=O)N[C@H](C(=O)N[C@H](C(=O)NCC(=O)N[C@@H](CC(=O)O)C(=O)N[C@@H](CC(N)=O)C(=O)N[C@@H](CC(N)=O)C(=O)N[C@H](C(=O)O)[C@@H](C)O)[C@@H](C)O)C(C)C. The first-order valence-corrected chi connectivity index (χ1v) is 36.6. The van der Waals surface area contributed by atoms with Gasteiger partial charge in [0.05, 0.1) is 50.6 Å². The molecule has 1 aliphatic heterocycles. The van der Waals surface area contributed by atoms with Crippen molar-refractivity contribution in [1.82, 2.24) is 84.7 Å². The molecule has 43 nitrogen and oxygen atoms in total. The zero-order valence-corrected chi connectivity index (χ0v) is 63.8. The van der Waals surface area contributed by atoms with E-state index in [0.29, 0.717) is 35.0 Å². The number of rotatable bonds is 49. The van der Waals surface area contributed by atoms with Crippen LogP contribution in [0.1, 0.15) is 117 Å². The number of aliphatic hydroxyl groups excluding tert-OH is 2. The summed E-state index contributed by atoms with van der Waals surface area (Å²) in [5, 5.41) is 84.1. The molecule has 2 heterocycles. The summed E-state index contributed by atoms with van der Waals surface area (Å²) < 4.78 is 0. The molecule has 1 aliphatic rings. The summed E-state index contributed by atoms with van der Waals surface area (Å²) in [6, 6.07) is -4.53. The number of carboxylic acids is 2. The van der Waals surface area contributed by atoms with Crippen LogP contribution in [0.15, 0.2) is 60.8 Å². The molecule has 1 saturated heterocycles. The Morgan fingerprint density at radius 3 is 1.48 bits per heavy atom. The summed E-state index contributed by atoms with van der Waals surface area (Å²) in [6.45, 7) is 7.49. The van der Waals surface area contributed by atoms with Crippen LogP contribution in [0.3, 0.4) is 0 Å². The van der Waals surface area contributed by atoms with Crippen molar-refractivity contribution < 1.29 is 107 Å². The van der Waals surface area contributed by atoms with Crippen molar-refractivity contribution in [3.8, 4) is 0 Å². The zero-order valence-electron chi connectivity index (χ0n) is 63.8. The number of aliphatic carboxylic acids is 2. The van der Waals surface area contributed by atoms with Crippen molar-refractivity contribution in [1.29, 1.82) is 5.41 Å². The van der Waals surface area contributed by atoms with Crippen LogP contribution < -0.4 is 103 Å². The number of amides is 16. The normalized spacial score (nSPS) is 15.8. The topological polar surface area (TPSA) is 712 Å². The summed E-state index contributed by atoms with van der Waals surface area (Å²) in [5.41, 5.74) is 23.1.